The van der Waals surface area contributed by atoms with Crippen LogP contribution >= 0.6 is 0 Å². The number of aryl methyl sites for hydroxylation is 1. The normalized spacial score (nSPS) is 20.2. The van der Waals surface area contributed by atoms with Crippen molar-refractivity contribution in [2.75, 3.05) is 31.7 Å². The van der Waals surface area contributed by atoms with Crippen molar-refractivity contribution in [3.63, 3.8) is 0 Å². The molecule has 0 aliphatic carbocycles. The molecule has 1 fully saturated rings. The Bertz CT molecular complexity index is 365. The molecule has 1 aliphatic heterocycles. The van der Waals surface area contributed by atoms with Gasteiger partial charge in [-0.15, -0.1) is 0 Å². The van der Waals surface area contributed by atoms with Gasteiger partial charge in [-0.25, -0.2) is 0 Å². The van der Waals surface area contributed by atoms with Gasteiger partial charge in [-0.3, -0.25) is 0 Å². The second-order valence-corrected chi connectivity index (χ2v) is 4.44. The first-order chi connectivity index (χ1) is 7.74. The Morgan fingerprint density at radius 2 is 2.31 bits per heavy atom. The molecule has 1 atom stereocenters. The van der Waals surface area contributed by atoms with E-state index in [1.54, 1.807) is 7.11 Å². The van der Waals surface area contributed by atoms with Gasteiger partial charge < -0.3 is 14.7 Å². The SMILES string of the molecule is COc1ccc(N2CCC(CO)C2)c(C)c1. The zero-order chi connectivity index (χ0) is 11.5. The molecule has 1 aliphatic rings. The topological polar surface area (TPSA) is 32.7 Å². The number of ether oxygens (including phenoxy) is 1. The summed E-state index contributed by atoms with van der Waals surface area (Å²) in [6, 6.07) is 6.16. The number of aliphatic hydroxyl groups is 1. The third-order valence-corrected chi connectivity index (χ3v) is 3.29. The molecule has 1 aromatic rings. The molecular weight excluding hydrogens is 202 g/mol. The minimum absolute atomic E-state index is 0.297. The van der Waals surface area contributed by atoms with Gasteiger partial charge in [-0.2, -0.15) is 0 Å². The quantitative estimate of drug-likeness (QED) is 0.845. The Hall–Kier alpha value is -1.22. The fraction of sp³-hybridized carbons (Fsp3) is 0.538. The Kier molecular flexibility index (Phi) is 3.34. The van der Waals surface area contributed by atoms with Crippen LogP contribution in [-0.2, 0) is 0 Å². The maximum absolute atomic E-state index is 9.14. The van der Waals surface area contributed by atoms with Crippen molar-refractivity contribution in [1.82, 2.24) is 0 Å². The van der Waals surface area contributed by atoms with E-state index in [9.17, 15) is 0 Å². The van der Waals surface area contributed by atoms with Crippen molar-refractivity contribution in [2.45, 2.75) is 13.3 Å². The minimum Gasteiger partial charge on any atom is -0.497 e. The highest BCUT2D eigenvalue weighted by Gasteiger charge is 2.22. The van der Waals surface area contributed by atoms with Gasteiger partial charge in [0, 0.05) is 31.3 Å². The van der Waals surface area contributed by atoms with Gasteiger partial charge >= 0.3 is 0 Å². The second kappa shape index (κ2) is 4.74. The molecule has 3 heteroatoms. The highest BCUT2D eigenvalue weighted by Crippen LogP contribution is 2.29. The molecule has 0 aromatic heterocycles. The molecule has 0 spiro atoms. The molecule has 1 unspecified atom stereocenters. The van der Waals surface area contributed by atoms with Gasteiger partial charge in [0.15, 0.2) is 0 Å². The lowest BCUT2D eigenvalue weighted by Gasteiger charge is -2.21. The van der Waals surface area contributed by atoms with Crippen molar-refractivity contribution in [1.29, 1.82) is 0 Å². The van der Waals surface area contributed by atoms with E-state index in [0.717, 1.165) is 25.3 Å². The summed E-state index contributed by atoms with van der Waals surface area (Å²) in [5.41, 5.74) is 2.50. The van der Waals surface area contributed by atoms with E-state index in [1.807, 2.05) is 6.07 Å². The van der Waals surface area contributed by atoms with E-state index < -0.39 is 0 Å². The second-order valence-electron chi connectivity index (χ2n) is 4.44. The molecule has 0 amide bonds. The summed E-state index contributed by atoms with van der Waals surface area (Å²) in [7, 11) is 1.69. The smallest absolute Gasteiger partial charge is 0.119 e. The predicted octanol–water partition coefficient (Wildman–Crippen LogP) is 1.82. The maximum Gasteiger partial charge on any atom is 0.119 e. The fourth-order valence-corrected chi connectivity index (χ4v) is 2.31. The van der Waals surface area contributed by atoms with Crippen LogP contribution in [0.5, 0.6) is 5.75 Å². The number of hydrogen-bond acceptors (Lipinski definition) is 3. The van der Waals surface area contributed by atoms with Gasteiger partial charge in [0.1, 0.15) is 5.75 Å². The lowest BCUT2D eigenvalue weighted by molar-refractivity contribution is 0.238. The molecule has 3 nitrogen and oxygen atoms in total. The standard InChI is InChI=1S/C13H19NO2/c1-10-7-12(16-2)3-4-13(10)14-6-5-11(8-14)9-15/h3-4,7,11,15H,5-6,8-9H2,1-2H3. The highest BCUT2D eigenvalue weighted by atomic mass is 16.5. The summed E-state index contributed by atoms with van der Waals surface area (Å²) in [5, 5.41) is 9.14. The number of anilines is 1. The van der Waals surface area contributed by atoms with E-state index >= 15 is 0 Å². The fourth-order valence-electron chi connectivity index (χ4n) is 2.31. The number of benzene rings is 1. The van der Waals surface area contributed by atoms with Crippen LogP contribution in [0.2, 0.25) is 0 Å². The lowest BCUT2D eigenvalue weighted by Crippen LogP contribution is -2.21. The van der Waals surface area contributed by atoms with Gasteiger partial charge in [0.05, 0.1) is 7.11 Å². The van der Waals surface area contributed by atoms with Crippen molar-refractivity contribution < 1.29 is 9.84 Å². The van der Waals surface area contributed by atoms with Crippen LogP contribution in [0.1, 0.15) is 12.0 Å². The molecule has 0 bridgehead atoms. The summed E-state index contributed by atoms with van der Waals surface area (Å²) in [6.07, 6.45) is 1.09. The van der Waals surface area contributed by atoms with E-state index in [-0.39, 0.29) is 0 Å². The zero-order valence-electron chi connectivity index (χ0n) is 9.94. The van der Waals surface area contributed by atoms with Crippen LogP contribution < -0.4 is 9.64 Å². The van der Waals surface area contributed by atoms with Crippen molar-refractivity contribution in [3.8, 4) is 5.75 Å². The first kappa shape index (κ1) is 11.3. The number of aliphatic hydroxyl groups excluding tert-OH is 1. The average molecular weight is 221 g/mol. The minimum atomic E-state index is 0.297. The van der Waals surface area contributed by atoms with Crippen LogP contribution in [-0.4, -0.2) is 31.9 Å². The van der Waals surface area contributed by atoms with E-state index in [0.29, 0.717) is 12.5 Å². The molecule has 2 rings (SSSR count). The van der Waals surface area contributed by atoms with E-state index in [1.165, 1.54) is 11.3 Å². The van der Waals surface area contributed by atoms with Crippen molar-refractivity contribution in [3.05, 3.63) is 23.8 Å². The molecule has 1 aromatic carbocycles. The van der Waals surface area contributed by atoms with Crippen LogP contribution in [0.25, 0.3) is 0 Å². The molecule has 88 valence electrons. The first-order valence-electron chi connectivity index (χ1n) is 5.75. The molecular formula is C13H19NO2. The van der Waals surface area contributed by atoms with Gasteiger partial charge in [0.25, 0.3) is 0 Å². The molecule has 1 saturated heterocycles. The Balaban J connectivity index is 2.15. The molecule has 0 saturated carbocycles. The number of nitrogens with zero attached hydrogens (tertiary/aromatic N) is 1. The predicted molar refractivity (Wildman–Crippen MR) is 65.1 cm³/mol. The van der Waals surface area contributed by atoms with Crippen molar-refractivity contribution in [2.24, 2.45) is 5.92 Å². The molecule has 1 N–H and O–H groups in total. The molecule has 0 radical (unpaired) electrons. The third-order valence-electron chi connectivity index (χ3n) is 3.29. The van der Waals surface area contributed by atoms with Gasteiger partial charge in [-0.05, 0) is 37.1 Å². The maximum atomic E-state index is 9.14. The van der Waals surface area contributed by atoms with E-state index in [4.69, 9.17) is 9.84 Å². The van der Waals surface area contributed by atoms with E-state index in [2.05, 4.69) is 24.0 Å². The zero-order valence-corrected chi connectivity index (χ0v) is 9.94. The van der Waals surface area contributed by atoms with Crippen molar-refractivity contribution >= 4 is 5.69 Å². The average Bonchev–Trinajstić information content (AvgIpc) is 2.77. The number of rotatable bonds is 3. The number of hydrogen-bond donors (Lipinski definition) is 1. The lowest BCUT2D eigenvalue weighted by atomic mass is 10.1. The summed E-state index contributed by atoms with van der Waals surface area (Å²) in [4.78, 5) is 2.34. The largest absolute Gasteiger partial charge is 0.497 e. The Labute approximate surface area is 96.6 Å². The van der Waals surface area contributed by atoms with Crippen LogP contribution in [0.3, 0.4) is 0 Å². The molecule has 1 heterocycles. The highest BCUT2D eigenvalue weighted by molar-refractivity contribution is 5.56. The van der Waals surface area contributed by atoms with Gasteiger partial charge in [-0.1, -0.05) is 0 Å². The van der Waals surface area contributed by atoms with Crippen LogP contribution in [0.4, 0.5) is 5.69 Å². The first-order valence-corrected chi connectivity index (χ1v) is 5.75. The Morgan fingerprint density at radius 3 is 2.88 bits per heavy atom. The summed E-state index contributed by atoms with van der Waals surface area (Å²) < 4.78 is 5.20. The summed E-state index contributed by atoms with van der Waals surface area (Å²) in [5.74, 6) is 1.33. The van der Waals surface area contributed by atoms with Crippen LogP contribution in [0, 0.1) is 12.8 Å². The Morgan fingerprint density at radius 1 is 1.50 bits per heavy atom. The summed E-state index contributed by atoms with van der Waals surface area (Å²) >= 11 is 0. The third kappa shape index (κ3) is 2.14. The monoisotopic (exact) mass is 221 g/mol. The van der Waals surface area contributed by atoms with Crippen LogP contribution in [0.15, 0.2) is 18.2 Å². The molecule has 16 heavy (non-hydrogen) atoms. The summed E-state index contributed by atoms with van der Waals surface area (Å²) in [6.45, 7) is 4.40. The van der Waals surface area contributed by atoms with Gasteiger partial charge in [0.2, 0.25) is 0 Å². The number of methoxy groups -OCH3 is 1.